The summed E-state index contributed by atoms with van der Waals surface area (Å²) < 4.78 is 21.0. The Morgan fingerprint density at radius 2 is 1.95 bits per heavy atom. The van der Waals surface area contributed by atoms with E-state index in [2.05, 4.69) is 4.40 Å². The number of carbonyl (C=O) groups excluding carboxylic acids is 1. The van der Waals surface area contributed by atoms with Crippen LogP contribution in [-0.2, 0) is 15.7 Å². The lowest BCUT2D eigenvalue weighted by Gasteiger charge is -2.28. The van der Waals surface area contributed by atoms with E-state index in [1.165, 1.54) is 0 Å². The molecular formula is C15H28N2O3S. The molecule has 2 atom stereocenters. The molecule has 0 saturated carbocycles. The summed E-state index contributed by atoms with van der Waals surface area (Å²) in [5.74, 6) is 0. The lowest BCUT2D eigenvalue weighted by atomic mass is 10.1. The number of carbonyl (C=O) groups is 1. The van der Waals surface area contributed by atoms with E-state index in [1.807, 2.05) is 41.5 Å². The summed E-state index contributed by atoms with van der Waals surface area (Å²) in [5, 5.41) is 0. The topological polar surface area (TPSA) is 59.0 Å². The molecule has 1 aliphatic heterocycles. The Kier molecular flexibility index (Phi) is 5.96. The Morgan fingerprint density at radius 1 is 1.33 bits per heavy atom. The van der Waals surface area contributed by atoms with Gasteiger partial charge in [-0.2, -0.15) is 4.40 Å². The molecule has 0 aliphatic carbocycles. The van der Waals surface area contributed by atoms with Crippen molar-refractivity contribution in [1.82, 2.24) is 4.90 Å². The summed E-state index contributed by atoms with van der Waals surface area (Å²) in [6.45, 7) is 12.0. The van der Waals surface area contributed by atoms with Crippen LogP contribution in [0.3, 0.4) is 0 Å². The number of hydrogen-bond donors (Lipinski definition) is 0. The van der Waals surface area contributed by atoms with Crippen molar-refractivity contribution in [2.75, 3.05) is 6.54 Å². The second-order valence-corrected chi connectivity index (χ2v) is 9.29. The highest BCUT2D eigenvalue weighted by atomic mass is 32.2. The lowest BCUT2D eigenvalue weighted by Crippen LogP contribution is -2.40. The number of rotatable bonds is 3. The first-order chi connectivity index (χ1) is 9.50. The van der Waals surface area contributed by atoms with Gasteiger partial charge in [-0.25, -0.2) is 9.00 Å². The fourth-order valence-corrected chi connectivity index (χ4v) is 2.57. The minimum atomic E-state index is -1.24. The van der Waals surface area contributed by atoms with E-state index >= 15 is 0 Å². The number of hydrogen-bond acceptors (Lipinski definition) is 3. The van der Waals surface area contributed by atoms with Crippen LogP contribution >= 0.6 is 0 Å². The predicted octanol–water partition coefficient (Wildman–Crippen LogP) is 3.31. The second kappa shape index (κ2) is 6.90. The van der Waals surface area contributed by atoms with Crippen LogP contribution in [0.15, 0.2) is 4.40 Å². The normalized spacial score (nSPS) is 21.8. The van der Waals surface area contributed by atoms with Gasteiger partial charge >= 0.3 is 6.09 Å². The minimum Gasteiger partial charge on any atom is -0.444 e. The van der Waals surface area contributed by atoms with Crippen LogP contribution in [0.25, 0.3) is 0 Å². The highest BCUT2D eigenvalue weighted by molar-refractivity contribution is 7.85. The van der Waals surface area contributed by atoms with Crippen molar-refractivity contribution in [3.8, 4) is 0 Å². The maximum absolute atomic E-state index is 12.1. The van der Waals surface area contributed by atoms with Crippen molar-refractivity contribution < 1.29 is 13.7 Å². The van der Waals surface area contributed by atoms with Crippen LogP contribution in [0.4, 0.5) is 4.79 Å². The zero-order valence-corrected chi connectivity index (χ0v) is 14.8. The van der Waals surface area contributed by atoms with Gasteiger partial charge in [0.05, 0.1) is 4.75 Å². The smallest absolute Gasteiger partial charge is 0.410 e. The SMILES string of the molecule is CC(C)(C)OC(=O)N1CCC[C@H]1C/C=N\[S@@](=O)C(C)(C)C. The molecule has 1 aliphatic rings. The molecule has 6 heteroatoms. The molecule has 0 bridgehead atoms. The average Bonchev–Trinajstić information content (AvgIpc) is 2.73. The molecule has 5 nitrogen and oxygen atoms in total. The van der Waals surface area contributed by atoms with Gasteiger partial charge in [-0.05, 0) is 54.4 Å². The standard InChI is InChI=1S/C15H28N2O3S/c1-14(2,3)20-13(18)17-11-7-8-12(17)9-10-16-21(19)15(4,5)6/h10,12H,7-9,11H2,1-6H3/b16-10-/t12-,21-/m0/s1. The van der Waals surface area contributed by atoms with Gasteiger partial charge in [-0.3, -0.25) is 0 Å². The Labute approximate surface area is 130 Å². The maximum atomic E-state index is 12.1. The Bertz CT molecular complexity index is 422. The van der Waals surface area contributed by atoms with Gasteiger partial charge < -0.3 is 9.64 Å². The van der Waals surface area contributed by atoms with E-state index in [-0.39, 0.29) is 16.9 Å². The van der Waals surface area contributed by atoms with Gasteiger partial charge in [0.15, 0.2) is 0 Å². The fourth-order valence-electron chi connectivity index (χ4n) is 2.03. The number of amides is 1. The van der Waals surface area contributed by atoms with E-state index in [1.54, 1.807) is 11.1 Å². The molecule has 0 aromatic carbocycles. The van der Waals surface area contributed by atoms with Crippen LogP contribution < -0.4 is 0 Å². The van der Waals surface area contributed by atoms with Crippen molar-refractivity contribution in [3.05, 3.63) is 0 Å². The van der Waals surface area contributed by atoms with E-state index < -0.39 is 16.6 Å². The Hall–Kier alpha value is -0.910. The molecule has 21 heavy (non-hydrogen) atoms. The molecule has 1 rings (SSSR count). The minimum absolute atomic E-state index is 0.0977. The Morgan fingerprint density at radius 3 is 2.48 bits per heavy atom. The highest BCUT2D eigenvalue weighted by Crippen LogP contribution is 2.22. The third-order valence-corrected chi connectivity index (χ3v) is 4.47. The highest BCUT2D eigenvalue weighted by Gasteiger charge is 2.31. The van der Waals surface area contributed by atoms with E-state index in [9.17, 15) is 9.00 Å². The van der Waals surface area contributed by atoms with Gasteiger partial charge in [-0.15, -0.1) is 0 Å². The van der Waals surface area contributed by atoms with Gasteiger partial charge in [-0.1, -0.05) is 0 Å². The third kappa shape index (κ3) is 6.16. The number of ether oxygens (including phenoxy) is 1. The van der Waals surface area contributed by atoms with Gasteiger partial charge in [0.2, 0.25) is 0 Å². The molecule has 1 saturated heterocycles. The quantitative estimate of drug-likeness (QED) is 0.751. The summed E-state index contributed by atoms with van der Waals surface area (Å²) in [4.78, 5) is 13.9. The summed E-state index contributed by atoms with van der Waals surface area (Å²) in [6.07, 6.45) is 3.96. The molecular weight excluding hydrogens is 288 g/mol. The largest absolute Gasteiger partial charge is 0.444 e. The predicted molar refractivity (Wildman–Crippen MR) is 87.0 cm³/mol. The van der Waals surface area contributed by atoms with Crippen molar-refractivity contribution in [2.24, 2.45) is 4.40 Å². The van der Waals surface area contributed by atoms with Gasteiger partial charge in [0.1, 0.15) is 16.6 Å². The summed E-state index contributed by atoms with van der Waals surface area (Å²) in [6, 6.07) is 0.0977. The van der Waals surface area contributed by atoms with Crippen LogP contribution in [0, 0.1) is 0 Å². The van der Waals surface area contributed by atoms with E-state index in [0.29, 0.717) is 6.42 Å². The zero-order valence-electron chi connectivity index (χ0n) is 14.0. The molecule has 1 amide bonds. The van der Waals surface area contributed by atoms with Crippen LogP contribution in [-0.4, -0.2) is 44.4 Å². The van der Waals surface area contributed by atoms with Crippen molar-refractivity contribution in [3.63, 3.8) is 0 Å². The molecule has 0 aromatic rings. The van der Waals surface area contributed by atoms with Crippen molar-refractivity contribution in [2.45, 2.75) is 77.2 Å². The number of likely N-dealkylation sites (tertiary alicyclic amines) is 1. The molecule has 0 radical (unpaired) electrons. The first kappa shape index (κ1) is 18.1. The second-order valence-electron chi connectivity index (χ2n) is 7.36. The molecule has 0 N–H and O–H groups in total. The molecule has 0 aromatic heterocycles. The molecule has 1 fully saturated rings. The molecule has 0 spiro atoms. The molecule has 122 valence electrons. The lowest BCUT2D eigenvalue weighted by molar-refractivity contribution is 0.0232. The van der Waals surface area contributed by atoms with Crippen molar-refractivity contribution >= 4 is 23.3 Å². The van der Waals surface area contributed by atoms with Gasteiger partial charge in [0.25, 0.3) is 0 Å². The first-order valence-electron chi connectivity index (χ1n) is 7.45. The summed E-state index contributed by atoms with van der Waals surface area (Å²) in [7, 11) is -1.24. The maximum Gasteiger partial charge on any atom is 0.410 e. The average molecular weight is 316 g/mol. The number of nitrogens with zero attached hydrogens (tertiary/aromatic N) is 2. The Balaban J connectivity index is 2.57. The van der Waals surface area contributed by atoms with Crippen LogP contribution in [0.1, 0.15) is 60.8 Å². The fraction of sp³-hybridized carbons (Fsp3) is 0.867. The van der Waals surface area contributed by atoms with E-state index in [4.69, 9.17) is 4.74 Å². The van der Waals surface area contributed by atoms with Crippen LogP contribution in [0.5, 0.6) is 0 Å². The van der Waals surface area contributed by atoms with Crippen LogP contribution in [0.2, 0.25) is 0 Å². The summed E-state index contributed by atoms with van der Waals surface area (Å²) in [5.41, 5.74) is -0.480. The molecule has 1 heterocycles. The van der Waals surface area contributed by atoms with Crippen molar-refractivity contribution in [1.29, 1.82) is 0 Å². The van der Waals surface area contributed by atoms with Gasteiger partial charge in [0, 0.05) is 25.2 Å². The first-order valence-corrected chi connectivity index (χ1v) is 8.55. The monoisotopic (exact) mass is 316 g/mol. The zero-order chi connectivity index (χ0) is 16.3. The molecule has 0 unspecified atom stereocenters. The summed E-state index contributed by atoms with van der Waals surface area (Å²) >= 11 is 0. The van der Waals surface area contributed by atoms with E-state index in [0.717, 1.165) is 19.4 Å². The third-order valence-electron chi connectivity index (χ3n) is 3.08.